The van der Waals surface area contributed by atoms with Crippen LogP contribution >= 0.6 is 11.8 Å². The molecule has 2 rings (SSSR count). The lowest BCUT2D eigenvalue weighted by Gasteiger charge is -2.11. The van der Waals surface area contributed by atoms with Crippen LogP contribution in [-0.2, 0) is 0 Å². The van der Waals surface area contributed by atoms with Crippen LogP contribution in [0, 0.1) is 0 Å². The molecule has 0 atom stereocenters. The molecule has 1 N–H and O–H groups in total. The molecule has 19 heavy (non-hydrogen) atoms. The SMILES string of the molecule is CN(C)c1nccc(Sc2ccccc2C(=O)O)n1. The van der Waals surface area contributed by atoms with E-state index in [9.17, 15) is 4.79 Å². The van der Waals surface area contributed by atoms with Crippen molar-refractivity contribution in [3.05, 3.63) is 42.1 Å². The molecule has 0 fully saturated rings. The molecule has 98 valence electrons. The number of hydrogen-bond acceptors (Lipinski definition) is 5. The van der Waals surface area contributed by atoms with Crippen molar-refractivity contribution in [3.63, 3.8) is 0 Å². The molecule has 0 saturated carbocycles. The van der Waals surface area contributed by atoms with Crippen LogP contribution in [0.3, 0.4) is 0 Å². The zero-order valence-corrected chi connectivity index (χ0v) is 11.4. The van der Waals surface area contributed by atoms with Gasteiger partial charge in [-0.05, 0) is 18.2 Å². The zero-order chi connectivity index (χ0) is 13.8. The third-order valence-corrected chi connectivity index (χ3v) is 3.36. The second-order valence-electron chi connectivity index (χ2n) is 3.99. The normalized spacial score (nSPS) is 10.2. The van der Waals surface area contributed by atoms with E-state index >= 15 is 0 Å². The first kappa shape index (κ1) is 13.4. The van der Waals surface area contributed by atoms with Gasteiger partial charge in [0.25, 0.3) is 0 Å². The second-order valence-corrected chi connectivity index (χ2v) is 5.05. The van der Waals surface area contributed by atoms with E-state index in [0.29, 0.717) is 15.9 Å². The van der Waals surface area contributed by atoms with Gasteiger partial charge in [0.2, 0.25) is 5.95 Å². The van der Waals surface area contributed by atoms with Crippen LogP contribution in [0.2, 0.25) is 0 Å². The molecule has 0 aliphatic rings. The Morgan fingerprint density at radius 1 is 1.26 bits per heavy atom. The minimum absolute atomic E-state index is 0.275. The van der Waals surface area contributed by atoms with E-state index in [-0.39, 0.29) is 5.56 Å². The average molecular weight is 275 g/mol. The van der Waals surface area contributed by atoms with E-state index in [0.717, 1.165) is 0 Å². The van der Waals surface area contributed by atoms with Gasteiger partial charge in [-0.25, -0.2) is 14.8 Å². The van der Waals surface area contributed by atoms with Crippen molar-refractivity contribution >= 4 is 23.7 Å². The fourth-order valence-corrected chi connectivity index (χ4v) is 2.34. The molecule has 5 nitrogen and oxygen atoms in total. The quantitative estimate of drug-likeness (QED) is 0.864. The lowest BCUT2D eigenvalue weighted by Crippen LogP contribution is -2.12. The summed E-state index contributed by atoms with van der Waals surface area (Å²) in [5, 5.41) is 9.85. The van der Waals surface area contributed by atoms with E-state index in [1.54, 1.807) is 35.4 Å². The Morgan fingerprint density at radius 2 is 2.00 bits per heavy atom. The highest BCUT2D eigenvalue weighted by molar-refractivity contribution is 7.99. The Kier molecular flexibility index (Phi) is 4.01. The minimum atomic E-state index is -0.940. The molecule has 0 aliphatic heterocycles. The van der Waals surface area contributed by atoms with Gasteiger partial charge in [-0.3, -0.25) is 0 Å². The van der Waals surface area contributed by atoms with Gasteiger partial charge in [-0.2, -0.15) is 0 Å². The Labute approximate surface area is 115 Å². The first-order valence-electron chi connectivity index (χ1n) is 5.58. The van der Waals surface area contributed by atoms with Gasteiger partial charge in [0.15, 0.2) is 0 Å². The van der Waals surface area contributed by atoms with Crippen LogP contribution in [-0.4, -0.2) is 35.1 Å². The molecule has 1 aromatic carbocycles. The fourth-order valence-electron chi connectivity index (χ4n) is 1.45. The summed E-state index contributed by atoms with van der Waals surface area (Å²) in [4.78, 5) is 22.1. The summed E-state index contributed by atoms with van der Waals surface area (Å²) in [6.07, 6.45) is 1.66. The summed E-state index contributed by atoms with van der Waals surface area (Å²) in [6, 6.07) is 8.63. The maximum atomic E-state index is 11.1. The highest BCUT2D eigenvalue weighted by Crippen LogP contribution is 2.29. The number of aromatic nitrogens is 2. The summed E-state index contributed by atoms with van der Waals surface area (Å²) in [5.41, 5.74) is 0.275. The molecule has 0 amide bonds. The maximum Gasteiger partial charge on any atom is 0.336 e. The van der Waals surface area contributed by atoms with Gasteiger partial charge in [0.05, 0.1) is 5.56 Å². The van der Waals surface area contributed by atoms with E-state index in [1.165, 1.54) is 11.8 Å². The fraction of sp³-hybridized carbons (Fsp3) is 0.154. The number of benzene rings is 1. The van der Waals surface area contributed by atoms with Crippen molar-refractivity contribution in [1.29, 1.82) is 0 Å². The second kappa shape index (κ2) is 5.71. The van der Waals surface area contributed by atoms with E-state index in [2.05, 4.69) is 9.97 Å². The molecule has 0 unspecified atom stereocenters. The van der Waals surface area contributed by atoms with Gasteiger partial charge < -0.3 is 10.0 Å². The van der Waals surface area contributed by atoms with E-state index in [4.69, 9.17) is 5.11 Å². The van der Waals surface area contributed by atoms with Gasteiger partial charge >= 0.3 is 5.97 Å². The monoisotopic (exact) mass is 275 g/mol. The molecular weight excluding hydrogens is 262 g/mol. The molecule has 1 aromatic heterocycles. The number of carboxylic acids is 1. The van der Waals surface area contributed by atoms with Gasteiger partial charge in [0, 0.05) is 25.2 Å². The zero-order valence-electron chi connectivity index (χ0n) is 10.6. The van der Waals surface area contributed by atoms with Gasteiger partial charge in [-0.1, -0.05) is 23.9 Å². The Hall–Kier alpha value is -2.08. The number of hydrogen-bond donors (Lipinski definition) is 1. The highest BCUT2D eigenvalue weighted by Gasteiger charge is 2.11. The smallest absolute Gasteiger partial charge is 0.336 e. The van der Waals surface area contributed by atoms with Crippen LogP contribution in [0.15, 0.2) is 46.5 Å². The lowest BCUT2D eigenvalue weighted by atomic mass is 10.2. The van der Waals surface area contributed by atoms with Crippen molar-refractivity contribution in [2.75, 3.05) is 19.0 Å². The molecule has 1 heterocycles. The van der Waals surface area contributed by atoms with Crippen LogP contribution < -0.4 is 4.90 Å². The lowest BCUT2D eigenvalue weighted by molar-refractivity contribution is 0.0693. The number of rotatable bonds is 4. The summed E-state index contributed by atoms with van der Waals surface area (Å²) in [7, 11) is 3.71. The van der Waals surface area contributed by atoms with Crippen molar-refractivity contribution < 1.29 is 9.90 Å². The predicted molar refractivity (Wildman–Crippen MR) is 73.9 cm³/mol. The number of nitrogens with zero attached hydrogens (tertiary/aromatic N) is 3. The standard InChI is InChI=1S/C13H13N3O2S/c1-16(2)13-14-8-7-11(15-13)19-10-6-4-3-5-9(10)12(17)18/h3-8H,1-2H3,(H,17,18). The summed E-state index contributed by atoms with van der Waals surface area (Å²) in [5.74, 6) is -0.345. The van der Waals surface area contributed by atoms with Crippen molar-refractivity contribution in [2.45, 2.75) is 9.92 Å². The molecule has 0 saturated heterocycles. The molecular formula is C13H13N3O2S. The average Bonchev–Trinajstić information content (AvgIpc) is 2.39. The molecule has 2 aromatic rings. The van der Waals surface area contributed by atoms with Crippen LogP contribution in [0.4, 0.5) is 5.95 Å². The topological polar surface area (TPSA) is 66.3 Å². The number of anilines is 1. The molecule has 0 aliphatic carbocycles. The van der Waals surface area contributed by atoms with Gasteiger partial charge in [0.1, 0.15) is 5.03 Å². The van der Waals surface area contributed by atoms with Gasteiger partial charge in [-0.15, -0.1) is 0 Å². The minimum Gasteiger partial charge on any atom is -0.478 e. The van der Waals surface area contributed by atoms with Crippen LogP contribution in [0.1, 0.15) is 10.4 Å². The predicted octanol–water partition coefficient (Wildman–Crippen LogP) is 2.39. The molecule has 0 spiro atoms. The van der Waals surface area contributed by atoms with E-state index < -0.39 is 5.97 Å². The third kappa shape index (κ3) is 3.23. The number of aromatic carboxylic acids is 1. The summed E-state index contributed by atoms with van der Waals surface area (Å²) < 4.78 is 0. The number of carboxylic acid groups (broad SMARTS) is 1. The third-order valence-electron chi connectivity index (χ3n) is 2.35. The first-order valence-corrected chi connectivity index (χ1v) is 6.40. The van der Waals surface area contributed by atoms with Crippen LogP contribution in [0.5, 0.6) is 0 Å². The number of carbonyl (C=O) groups is 1. The maximum absolute atomic E-state index is 11.1. The molecule has 0 radical (unpaired) electrons. The Morgan fingerprint density at radius 3 is 2.68 bits per heavy atom. The van der Waals surface area contributed by atoms with Crippen molar-refractivity contribution in [3.8, 4) is 0 Å². The van der Waals surface area contributed by atoms with Crippen molar-refractivity contribution in [2.24, 2.45) is 0 Å². The molecule has 0 bridgehead atoms. The Balaban J connectivity index is 2.31. The molecule has 6 heteroatoms. The summed E-state index contributed by atoms with van der Waals surface area (Å²) in [6.45, 7) is 0. The van der Waals surface area contributed by atoms with E-state index in [1.807, 2.05) is 20.2 Å². The van der Waals surface area contributed by atoms with Crippen molar-refractivity contribution in [1.82, 2.24) is 9.97 Å². The highest BCUT2D eigenvalue weighted by atomic mass is 32.2. The van der Waals surface area contributed by atoms with Crippen LogP contribution in [0.25, 0.3) is 0 Å². The summed E-state index contributed by atoms with van der Waals surface area (Å²) >= 11 is 1.32. The first-order chi connectivity index (χ1) is 9.08. The largest absolute Gasteiger partial charge is 0.478 e. The Bertz CT molecular complexity index is 602.